The van der Waals surface area contributed by atoms with Crippen molar-refractivity contribution in [1.82, 2.24) is 25.0 Å². The number of piperidine rings is 1. The summed E-state index contributed by atoms with van der Waals surface area (Å²) >= 11 is 1.42. The Balaban J connectivity index is 1.33. The molecule has 7 nitrogen and oxygen atoms in total. The first kappa shape index (κ1) is 16.7. The normalized spacial score (nSPS) is 23.3. The van der Waals surface area contributed by atoms with Gasteiger partial charge in [0.1, 0.15) is 6.33 Å². The minimum Gasteiger partial charge on any atom is -0.377 e. The van der Waals surface area contributed by atoms with Crippen LogP contribution < -0.4 is 5.32 Å². The van der Waals surface area contributed by atoms with Crippen molar-refractivity contribution in [2.75, 3.05) is 32.0 Å². The Labute approximate surface area is 141 Å². The average Bonchev–Trinajstić information content (AvgIpc) is 3.19. The third-order valence-electron chi connectivity index (χ3n) is 4.44. The molecule has 1 N–H and O–H groups in total. The lowest BCUT2D eigenvalue weighted by Gasteiger charge is -2.33. The molecule has 8 heteroatoms. The number of aryl methyl sites for hydroxylation is 1. The van der Waals surface area contributed by atoms with E-state index in [1.165, 1.54) is 24.6 Å². The Morgan fingerprint density at radius 3 is 2.91 bits per heavy atom. The first-order valence-electron chi connectivity index (χ1n) is 8.31. The minimum absolute atomic E-state index is 0.0792. The predicted molar refractivity (Wildman–Crippen MR) is 88.3 cm³/mol. The molecule has 1 atom stereocenters. The van der Waals surface area contributed by atoms with E-state index in [0.717, 1.165) is 44.2 Å². The van der Waals surface area contributed by atoms with Crippen LogP contribution in [0, 0.1) is 0 Å². The van der Waals surface area contributed by atoms with E-state index in [1.807, 2.05) is 11.6 Å². The van der Waals surface area contributed by atoms with E-state index >= 15 is 0 Å². The second-order valence-corrected chi connectivity index (χ2v) is 7.23. The van der Waals surface area contributed by atoms with Crippen LogP contribution in [0.4, 0.5) is 0 Å². The Morgan fingerprint density at radius 2 is 2.26 bits per heavy atom. The molecule has 0 aromatic carbocycles. The number of likely N-dealkylation sites (tertiary alicyclic amines) is 1. The summed E-state index contributed by atoms with van der Waals surface area (Å²) < 4.78 is 7.52. The van der Waals surface area contributed by atoms with Crippen LogP contribution in [0.2, 0.25) is 0 Å². The smallest absolute Gasteiger partial charge is 0.230 e. The van der Waals surface area contributed by atoms with E-state index in [-0.39, 0.29) is 5.91 Å². The highest BCUT2D eigenvalue weighted by atomic mass is 32.2. The summed E-state index contributed by atoms with van der Waals surface area (Å²) in [7, 11) is 1.88. The van der Waals surface area contributed by atoms with E-state index < -0.39 is 0 Å². The van der Waals surface area contributed by atoms with E-state index in [0.29, 0.717) is 17.9 Å². The summed E-state index contributed by atoms with van der Waals surface area (Å²) in [5.74, 6) is 0.471. The Bertz CT molecular complexity index is 510. The molecule has 2 saturated heterocycles. The van der Waals surface area contributed by atoms with Crippen molar-refractivity contribution in [3.8, 4) is 0 Å². The second kappa shape index (κ2) is 8.12. The molecule has 1 amide bonds. The number of thioether (sulfide) groups is 1. The monoisotopic (exact) mass is 339 g/mol. The number of aromatic nitrogens is 3. The van der Waals surface area contributed by atoms with Gasteiger partial charge in [-0.1, -0.05) is 11.8 Å². The van der Waals surface area contributed by atoms with Gasteiger partial charge in [0.15, 0.2) is 5.16 Å². The molecule has 0 saturated carbocycles. The topological polar surface area (TPSA) is 72.3 Å². The maximum Gasteiger partial charge on any atom is 0.230 e. The van der Waals surface area contributed by atoms with E-state index in [1.54, 1.807) is 6.33 Å². The third kappa shape index (κ3) is 4.92. The molecular formula is C15H25N5O2S. The van der Waals surface area contributed by atoms with Gasteiger partial charge in [0.2, 0.25) is 5.91 Å². The van der Waals surface area contributed by atoms with Crippen molar-refractivity contribution >= 4 is 17.7 Å². The van der Waals surface area contributed by atoms with Crippen LogP contribution in [-0.4, -0.2) is 69.7 Å². The zero-order chi connectivity index (χ0) is 16.1. The van der Waals surface area contributed by atoms with E-state index in [4.69, 9.17) is 4.74 Å². The van der Waals surface area contributed by atoms with Crippen molar-refractivity contribution in [1.29, 1.82) is 0 Å². The van der Waals surface area contributed by atoms with Crippen molar-refractivity contribution in [2.24, 2.45) is 7.05 Å². The molecule has 1 aromatic heterocycles. The van der Waals surface area contributed by atoms with Crippen LogP contribution in [0.5, 0.6) is 0 Å². The molecule has 0 radical (unpaired) electrons. The van der Waals surface area contributed by atoms with Crippen LogP contribution >= 0.6 is 11.8 Å². The van der Waals surface area contributed by atoms with Gasteiger partial charge in [-0.2, -0.15) is 0 Å². The lowest BCUT2D eigenvalue weighted by atomic mass is 10.0. The number of hydrogen-bond acceptors (Lipinski definition) is 6. The van der Waals surface area contributed by atoms with Crippen molar-refractivity contribution in [3.05, 3.63) is 6.33 Å². The first-order chi connectivity index (χ1) is 11.2. The maximum absolute atomic E-state index is 12.1. The Kier molecular flexibility index (Phi) is 5.91. The molecule has 0 bridgehead atoms. The van der Waals surface area contributed by atoms with Crippen LogP contribution in [0.25, 0.3) is 0 Å². The largest absolute Gasteiger partial charge is 0.377 e. The van der Waals surface area contributed by atoms with E-state index in [9.17, 15) is 4.79 Å². The highest BCUT2D eigenvalue weighted by Crippen LogP contribution is 2.17. The van der Waals surface area contributed by atoms with Crippen LogP contribution in [0.1, 0.15) is 25.7 Å². The highest BCUT2D eigenvalue weighted by Gasteiger charge is 2.24. The van der Waals surface area contributed by atoms with Gasteiger partial charge in [-0.25, -0.2) is 0 Å². The molecule has 0 spiro atoms. The second-order valence-electron chi connectivity index (χ2n) is 6.29. The minimum atomic E-state index is 0.0792. The van der Waals surface area contributed by atoms with Gasteiger partial charge in [-0.15, -0.1) is 10.2 Å². The van der Waals surface area contributed by atoms with Gasteiger partial charge in [0, 0.05) is 39.3 Å². The lowest BCUT2D eigenvalue weighted by molar-refractivity contribution is -0.119. The zero-order valence-corrected chi connectivity index (χ0v) is 14.4. The van der Waals surface area contributed by atoms with Crippen LogP contribution in [0.15, 0.2) is 11.5 Å². The summed E-state index contributed by atoms with van der Waals surface area (Å²) in [5, 5.41) is 11.7. The van der Waals surface area contributed by atoms with Crippen molar-refractivity contribution in [2.45, 2.75) is 43.0 Å². The number of amides is 1. The number of nitrogens with zero attached hydrogens (tertiary/aromatic N) is 4. The summed E-state index contributed by atoms with van der Waals surface area (Å²) in [6.07, 6.45) is 6.49. The molecule has 3 rings (SSSR count). The molecule has 1 aromatic rings. The zero-order valence-electron chi connectivity index (χ0n) is 13.6. The fraction of sp³-hybridized carbons (Fsp3) is 0.800. The predicted octanol–water partition coefficient (Wildman–Crippen LogP) is 0.667. The van der Waals surface area contributed by atoms with Gasteiger partial charge >= 0.3 is 0 Å². The average molecular weight is 339 g/mol. The molecule has 0 aliphatic carbocycles. The lowest BCUT2D eigenvalue weighted by Crippen LogP contribution is -2.46. The van der Waals surface area contributed by atoms with Gasteiger partial charge in [-0.3, -0.25) is 4.79 Å². The number of nitrogens with one attached hydrogen (secondary N) is 1. The molecule has 2 aliphatic heterocycles. The Hall–Kier alpha value is -1.12. The van der Waals surface area contributed by atoms with Crippen LogP contribution in [0.3, 0.4) is 0 Å². The molecule has 23 heavy (non-hydrogen) atoms. The van der Waals surface area contributed by atoms with Gasteiger partial charge in [0.05, 0.1) is 11.9 Å². The number of rotatable bonds is 6. The number of carbonyl (C=O) groups excluding carboxylic acids is 1. The van der Waals surface area contributed by atoms with Gasteiger partial charge < -0.3 is 19.5 Å². The molecular weight excluding hydrogens is 314 g/mol. The quantitative estimate of drug-likeness (QED) is 0.768. The standard InChI is InChI=1S/C15H25N5O2S/c1-19-11-16-18-15(19)23-10-14(21)17-12-4-6-20(7-5-12)9-13-3-2-8-22-13/h11-13H,2-10H2,1H3,(H,17,21)/t13-/m0/s1. The van der Waals surface area contributed by atoms with E-state index in [2.05, 4.69) is 20.4 Å². The fourth-order valence-electron chi connectivity index (χ4n) is 3.14. The van der Waals surface area contributed by atoms with Crippen LogP contribution in [-0.2, 0) is 16.6 Å². The number of hydrogen-bond donors (Lipinski definition) is 1. The molecule has 2 aliphatic rings. The first-order valence-corrected chi connectivity index (χ1v) is 9.29. The molecule has 3 heterocycles. The third-order valence-corrected chi connectivity index (χ3v) is 5.48. The summed E-state index contributed by atoms with van der Waals surface area (Å²) in [5.41, 5.74) is 0. The molecule has 2 fully saturated rings. The Morgan fingerprint density at radius 1 is 1.43 bits per heavy atom. The van der Waals surface area contributed by atoms with Gasteiger partial charge in [0.25, 0.3) is 0 Å². The number of carbonyl (C=O) groups is 1. The maximum atomic E-state index is 12.1. The van der Waals surface area contributed by atoms with Crippen molar-refractivity contribution in [3.63, 3.8) is 0 Å². The highest BCUT2D eigenvalue weighted by molar-refractivity contribution is 7.99. The SMILES string of the molecule is Cn1cnnc1SCC(=O)NC1CCN(C[C@@H]2CCCO2)CC1. The van der Waals surface area contributed by atoms with Gasteiger partial charge in [-0.05, 0) is 25.7 Å². The molecule has 128 valence electrons. The summed E-state index contributed by atoms with van der Waals surface area (Å²) in [4.78, 5) is 14.5. The summed E-state index contributed by atoms with van der Waals surface area (Å²) in [6.45, 7) is 4.05. The van der Waals surface area contributed by atoms with Crippen molar-refractivity contribution < 1.29 is 9.53 Å². The summed E-state index contributed by atoms with van der Waals surface area (Å²) in [6, 6.07) is 0.295. The molecule has 0 unspecified atom stereocenters. The number of ether oxygens (including phenoxy) is 1. The fourth-order valence-corrected chi connectivity index (χ4v) is 3.84.